The van der Waals surface area contributed by atoms with Gasteiger partial charge in [-0.25, -0.2) is 0 Å². The zero-order valence-corrected chi connectivity index (χ0v) is 12.8. The predicted octanol–water partition coefficient (Wildman–Crippen LogP) is 1.39. The summed E-state index contributed by atoms with van der Waals surface area (Å²) in [5.41, 5.74) is 1.73. The molecule has 1 aromatic carbocycles. The van der Waals surface area contributed by atoms with Crippen LogP contribution in [0.3, 0.4) is 0 Å². The van der Waals surface area contributed by atoms with Crippen molar-refractivity contribution in [2.45, 2.75) is 6.92 Å². The standard InChI is InChI=1S/C14H20BrN3O/c1-11-12(3-2-4-13(11)15)14(19)17-7-10-18-8-5-16-6-9-18/h2-4,16H,5-10H2,1H3,(H,17,19). The monoisotopic (exact) mass is 325 g/mol. The van der Waals surface area contributed by atoms with E-state index in [4.69, 9.17) is 0 Å². The van der Waals surface area contributed by atoms with Gasteiger partial charge in [0.25, 0.3) is 5.91 Å². The van der Waals surface area contributed by atoms with E-state index in [0.717, 1.165) is 48.3 Å². The lowest BCUT2D eigenvalue weighted by Crippen LogP contribution is -2.46. The molecule has 0 radical (unpaired) electrons. The number of amides is 1. The van der Waals surface area contributed by atoms with Gasteiger partial charge in [-0.05, 0) is 24.6 Å². The first-order valence-corrected chi connectivity index (χ1v) is 7.44. The molecule has 1 aromatic rings. The van der Waals surface area contributed by atoms with E-state index in [0.29, 0.717) is 6.54 Å². The van der Waals surface area contributed by atoms with Crippen LogP contribution in [0.15, 0.2) is 22.7 Å². The number of carbonyl (C=O) groups excluding carboxylic acids is 1. The Morgan fingerprint density at radius 2 is 2.16 bits per heavy atom. The van der Waals surface area contributed by atoms with Crippen molar-refractivity contribution in [3.63, 3.8) is 0 Å². The summed E-state index contributed by atoms with van der Waals surface area (Å²) in [6, 6.07) is 5.70. The summed E-state index contributed by atoms with van der Waals surface area (Å²) in [6.45, 7) is 7.77. The van der Waals surface area contributed by atoms with Crippen LogP contribution in [0.5, 0.6) is 0 Å². The van der Waals surface area contributed by atoms with Crippen LogP contribution in [-0.2, 0) is 0 Å². The predicted molar refractivity (Wildman–Crippen MR) is 80.5 cm³/mol. The molecule has 0 atom stereocenters. The highest BCUT2D eigenvalue weighted by Crippen LogP contribution is 2.19. The second-order valence-corrected chi connectivity index (χ2v) is 5.61. The molecule has 104 valence electrons. The molecule has 1 aliphatic heterocycles. The smallest absolute Gasteiger partial charge is 0.251 e. The van der Waals surface area contributed by atoms with Crippen molar-refractivity contribution >= 4 is 21.8 Å². The lowest BCUT2D eigenvalue weighted by atomic mass is 10.1. The summed E-state index contributed by atoms with van der Waals surface area (Å²) >= 11 is 3.45. The number of hydrogen-bond donors (Lipinski definition) is 2. The molecule has 0 unspecified atom stereocenters. The molecule has 5 heteroatoms. The van der Waals surface area contributed by atoms with Crippen LogP contribution in [0.4, 0.5) is 0 Å². The first-order valence-electron chi connectivity index (χ1n) is 6.65. The summed E-state index contributed by atoms with van der Waals surface area (Å²) in [7, 11) is 0. The topological polar surface area (TPSA) is 44.4 Å². The minimum atomic E-state index is 0.00827. The number of nitrogens with one attached hydrogen (secondary N) is 2. The Bertz CT molecular complexity index is 444. The van der Waals surface area contributed by atoms with E-state index in [1.807, 2.05) is 25.1 Å². The number of rotatable bonds is 4. The Hall–Kier alpha value is -0.910. The number of benzene rings is 1. The highest BCUT2D eigenvalue weighted by molar-refractivity contribution is 9.10. The molecule has 0 bridgehead atoms. The lowest BCUT2D eigenvalue weighted by molar-refractivity contribution is 0.0946. The van der Waals surface area contributed by atoms with Crippen LogP contribution in [0, 0.1) is 6.92 Å². The van der Waals surface area contributed by atoms with Gasteiger partial charge in [-0.2, -0.15) is 0 Å². The third kappa shape index (κ3) is 4.03. The van der Waals surface area contributed by atoms with E-state index in [2.05, 4.69) is 31.5 Å². The van der Waals surface area contributed by atoms with E-state index in [1.54, 1.807) is 0 Å². The van der Waals surface area contributed by atoms with Gasteiger partial charge in [-0.1, -0.05) is 22.0 Å². The highest BCUT2D eigenvalue weighted by atomic mass is 79.9. The molecule has 1 saturated heterocycles. The highest BCUT2D eigenvalue weighted by Gasteiger charge is 2.12. The third-order valence-electron chi connectivity index (χ3n) is 3.44. The maximum Gasteiger partial charge on any atom is 0.251 e. The molecular weight excluding hydrogens is 306 g/mol. The van der Waals surface area contributed by atoms with Gasteiger partial charge in [-0.15, -0.1) is 0 Å². The summed E-state index contributed by atoms with van der Waals surface area (Å²) in [5, 5.41) is 6.31. The van der Waals surface area contributed by atoms with Crippen molar-refractivity contribution in [1.29, 1.82) is 0 Å². The summed E-state index contributed by atoms with van der Waals surface area (Å²) < 4.78 is 0.974. The Labute approximate surface area is 122 Å². The summed E-state index contributed by atoms with van der Waals surface area (Å²) in [6.07, 6.45) is 0. The number of piperazine rings is 1. The number of nitrogens with zero attached hydrogens (tertiary/aromatic N) is 1. The molecule has 0 aliphatic carbocycles. The Morgan fingerprint density at radius 1 is 1.42 bits per heavy atom. The molecule has 1 heterocycles. The van der Waals surface area contributed by atoms with Crippen LogP contribution in [0.25, 0.3) is 0 Å². The maximum absolute atomic E-state index is 12.1. The van der Waals surface area contributed by atoms with Crippen molar-refractivity contribution in [2.75, 3.05) is 39.3 Å². The van der Waals surface area contributed by atoms with E-state index in [1.165, 1.54) is 0 Å². The van der Waals surface area contributed by atoms with Crippen LogP contribution in [0.1, 0.15) is 15.9 Å². The first-order chi connectivity index (χ1) is 9.18. The van der Waals surface area contributed by atoms with Gasteiger partial charge in [0.15, 0.2) is 0 Å². The maximum atomic E-state index is 12.1. The zero-order chi connectivity index (χ0) is 13.7. The number of hydrogen-bond acceptors (Lipinski definition) is 3. The van der Waals surface area contributed by atoms with Crippen LogP contribution in [-0.4, -0.2) is 50.1 Å². The largest absolute Gasteiger partial charge is 0.351 e. The Balaban J connectivity index is 1.82. The number of carbonyl (C=O) groups is 1. The van der Waals surface area contributed by atoms with Crippen LogP contribution < -0.4 is 10.6 Å². The quantitative estimate of drug-likeness (QED) is 0.879. The third-order valence-corrected chi connectivity index (χ3v) is 4.29. The van der Waals surface area contributed by atoms with Gasteiger partial charge >= 0.3 is 0 Å². The summed E-state index contributed by atoms with van der Waals surface area (Å²) in [5.74, 6) is 0.00827. The van der Waals surface area contributed by atoms with Gasteiger partial charge in [-0.3, -0.25) is 9.69 Å². The van der Waals surface area contributed by atoms with E-state index < -0.39 is 0 Å². The lowest BCUT2D eigenvalue weighted by Gasteiger charge is -2.27. The van der Waals surface area contributed by atoms with Gasteiger partial charge in [0, 0.05) is 49.3 Å². The minimum Gasteiger partial charge on any atom is -0.351 e. The fraction of sp³-hybridized carbons (Fsp3) is 0.500. The van der Waals surface area contributed by atoms with E-state index in [-0.39, 0.29) is 5.91 Å². The van der Waals surface area contributed by atoms with Gasteiger partial charge in [0.1, 0.15) is 0 Å². The molecular formula is C14H20BrN3O. The minimum absolute atomic E-state index is 0.00827. The summed E-state index contributed by atoms with van der Waals surface area (Å²) in [4.78, 5) is 14.5. The van der Waals surface area contributed by atoms with Crippen molar-refractivity contribution in [3.05, 3.63) is 33.8 Å². The first kappa shape index (κ1) is 14.5. The fourth-order valence-electron chi connectivity index (χ4n) is 2.21. The molecule has 2 N–H and O–H groups in total. The van der Waals surface area contributed by atoms with Crippen molar-refractivity contribution < 1.29 is 4.79 Å². The normalized spacial score (nSPS) is 16.3. The van der Waals surface area contributed by atoms with E-state index >= 15 is 0 Å². The molecule has 4 nitrogen and oxygen atoms in total. The molecule has 0 saturated carbocycles. The van der Waals surface area contributed by atoms with Crippen LogP contribution in [0.2, 0.25) is 0 Å². The van der Waals surface area contributed by atoms with Crippen LogP contribution >= 0.6 is 15.9 Å². The average Bonchev–Trinajstić information content (AvgIpc) is 2.43. The second-order valence-electron chi connectivity index (χ2n) is 4.76. The molecule has 1 aliphatic rings. The molecule has 1 fully saturated rings. The molecule has 19 heavy (non-hydrogen) atoms. The van der Waals surface area contributed by atoms with Crippen molar-refractivity contribution in [3.8, 4) is 0 Å². The zero-order valence-electron chi connectivity index (χ0n) is 11.2. The number of halogens is 1. The molecule has 0 aromatic heterocycles. The van der Waals surface area contributed by atoms with Gasteiger partial charge in [0.05, 0.1) is 0 Å². The SMILES string of the molecule is Cc1c(Br)cccc1C(=O)NCCN1CCNCC1. The van der Waals surface area contributed by atoms with Crippen molar-refractivity contribution in [2.24, 2.45) is 0 Å². The second kappa shape index (κ2) is 7.03. The fourth-order valence-corrected chi connectivity index (χ4v) is 2.58. The van der Waals surface area contributed by atoms with Gasteiger partial charge in [0.2, 0.25) is 0 Å². The molecule has 0 spiro atoms. The Morgan fingerprint density at radius 3 is 2.89 bits per heavy atom. The molecule has 2 rings (SSSR count). The molecule has 1 amide bonds. The van der Waals surface area contributed by atoms with Gasteiger partial charge < -0.3 is 10.6 Å². The van der Waals surface area contributed by atoms with E-state index in [9.17, 15) is 4.79 Å². The van der Waals surface area contributed by atoms with Crippen molar-refractivity contribution in [1.82, 2.24) is 15.5 Å². The average molecular weight is 326 g/mol. The Kier molecular flexibility index (Phi) is 5.36.